The van der Waals surface area contributed by atoms with Crippen LogP contribution in [0.5, 0.6) is 0 Å². The second kappa shape index (κ2) is 5.26. The van der Waals surface area contributed by atoms with E-state index >= 15 is 0 Å². The Hall–Kier alpha value is -1.85. The van der Waals surface area contributed by atoms with Crippen molar-refractivity contribution in [2.24, 2.45) is 0 Å². The molecular formula is C14H21N5O. The van der Waals surface area contributed by atoms with E-state index in [-0.39, 0.29) is 5.91 Å². The molecule has 1 amide bonds. The van der Waals surface area contributed by atoms with Crippen molar-refractivity contribution < 1.29 is 4.79 Å². The number of nitrogens with zero attached hydrogens (tertiary/aromatic N) is 5. The third kappa shape index (κ3) is 2.19. The summed E-state index contributed by atoms with van der Waals surface area (Å²) in [4.78, 5) is 14.0. The Balaban J connectivity index is 1.74. The molecule has 2 aromatic rings. The molecule has 1 aliphatic rings. The van der Waals surface area contributed by atoms with Crippen LogP contribution in [0.4, 0.5) is 0 Å². The molecular weight excluding hydrogens is 254 g/mol. The number of hydrogen-bond donors (Lipinski definition) is 0. The zero-order valence-electron chi connectivity index (χ0n) is 12.2. The molecule has 0 aromatic carbocycles. The van der Waals surface area contributed by atoms with Crippen molar-refractivity contribution in [3.63, 3.8) is 0 Å². The van der Waals surface area contributed by atoms with Crippen molar-refractivity contribution in [2.75, 3.05) is 13.1 Å². The van der Waals surface area contributed by atoms with Gasteiger partial charge in [0.2, 0.25) is 5.91 Å². The van der Waals surface area contributed by atoms with E-state index in [9.17, 15) is 4.79 Å². The highest BCUT2D eigenvalue weighted by atomic mass is 16.2. The van der Waals surface area contributed by atoms with Gasteiger partial charge < -0.3 is 4.90 Å². The van der Waals surface area contributed by atoms with Gasteiger partial charge in [-0.25, -0.2) is 0 Å². The number of amides is 1. The predicted octanol–water partition coefficient (Wildman–Crippen LogP) is 1.57. The van der Waals surface area contributed by atoms with Gasteiger partial charge >= 0.3 is 0 Å². The summed E-state index contributed by atoms with van der Waals surface area (Å²) in [5.74, 6) is 0.242. The van der Waals surface area contributed by atoms with Crippen LogP contribution in [0.3, 0.4) is 0 Å². The van der Waals surface area contributed by atoms with E-state index in [1.54, 1.807) is 0 Å². The molecule has 6 nitrogen and oxygen atoms in total. The van der Waals surface area contributed by atoms with Crippen LogP contribution in [0.1, 0.15) is 31.9 Å². The van der Waals surface area contributed by atoms with Gasteiger partial charge in [-0.05, 0) is 26.7 Å². The van der Waals surface area contributed by atoms with Gasteiger partial charge in [0.15, 0.2) is 0 Å². The number of hydrogen-bond acceptors (Lipinski definition) is 3. The molecule has 0 unspecified atom stereocenters. The van der Waals surface area contributed by atoms with Gasteiger partial charge in [0.1, 0.15) is 11.0 Å². The predicted molar refractivity (Wildman–Crippen MR) is 76.4 cm³/mol. The molecule has 0 aliphatic carbocycles. The fourth-order valence-electron chi connectivity index (χ4n) is 2.96. The van der Waals surface area contributed by atoms with Crippen LogP contribution < -0.4 is 0 Å². The molecule has 3 rings (SSSR count). The molecule has 1 saturated heterocycles. The maximum Gasteiger partial charge on any atom is 0.224 e. The van der Waals surface area contributed by atoms with Crippen molar-refractivity contribution >= 4 is 16.9 Å². The average Bonchev–Trinajstić information content (AvgIpc) is 3.14. The molecule has 0 spiro atoms. The van der Waals surface area contributed by atoms with Crippen LogP contribution in [0.25, 0.3) is 11.0 Å². The SMILES string of the molecule is CCn1nc(C)c2c1cnn2CCC(=O)N1CCCC1. The van der Waals surface area contributed by atoms with E-state index in [1.807, 2.05) is 27.4 Å². The monoisotopic (exact) mass is 275 g/mol. The molecule has 108 valence electrons. The third-order valence-electron chi connectivity index (χ3n) is 4.01. The van der Waals surface area contributed by atoms with Gasteiger partial charge in [-0.2, -0.15) is 10.2 Å². The quantitative estimate of drug-likeness (QED) is 0.851. The molecule has 0 radical (unpaired) electrons. The van der Waals surface area contributed by atoms with Crippen LogP contribution in [0.2, 0.25) is 0 Å². The second-order valence-corrected chi connectivity index (χ2v) is 5.34. The van der Waals surface area contributed by atoms with E-state index < -0.39 is 0 Å². The summed E-state index contributed by atoms with van der Waals surface area (Å²) in [5, 5.41) is 8.90. The number of carbonyl (C=O) groups excluding carboxylic acids is 1. The minimum Gasteiger partial charge on any atom is -0.343 e. The van der Waals surface area contributed by atoms with Gasteiger partial charge in [-0.1, -0.05) is 0 Å². The zero-order chi connectivity index (χ0) is 14.1. The molecule has 0 atom stereocenters. The lowest BCUT2D eigenvalue weighted by Crippen LogP contribution is -2.28. The lowest BCUT2D eigenvalue weighted by Gasteiger charge is -2.14. The lowest BCUT2D eigenvalue weighted by molar-refractivity contribution is -0.130. The van der Waals surface area contributed by atoms with E-state index in [1.165, 1.54) is 0 Å². The molecule has 20 heavy (non-hydrogen) atoms. The maximum atomic E-state index is 12.1. The first-order chi connectivity index (χ1) is 9.70. The minimum atomic E-state index is 0.242. The normalized spacial score (nSPS) is 15.4. The number of aryl methyl sites for hydroxylation is 3. The van der Waals surface area contributed by atoms with Crippen molar-refractivity contribution in [3.8, 4) is 0 Å². The molecule has 2 aromatic heterocycles. The fourth-order valence-corrected chi connectivity index (χ4v) is 2.96. The first-order valence-electron chi connectivity index (χ1n) is 7.37. The Morgan fingerprint density at radius 3 is 2.75 bits per heavy atom. The Labute approximate surface area is 118 Å². The van der Waals surface area contributed by atoms with Crippen molar-refractivity contribution in [2.45, 2.75) is 46.2 Å². The number of rotatable bonds is 4. The number of carbonyl (C=O) groups is 1. The third-order valence-corrected chi connectivity index (χ3v) is 4.01. The number of fused-ring (bicyclic) bond motifs is 1. The maximum absolute atomic E-state index is 12.1. The summed E-state index contributed by atoms with van der Waals surface area (Å²) < 4.78 is 3.87. The van der Waals surface area contributed by atoms with Gasteiger partial charge in [0, 0.05) is 26.1 Å². The summed E-state index contributed by atoms with van der Waals surface area (Å²) in [5.41, 5.74) is 3.09. The van der Waals surface area contributed by atoms with E-state index in [4.69, 9.17) is 0 Å². The van der Waals surface area contributed by atoms with Crippen LogP contribution in [0, 0.1) is 6.92 Å². The first kappa shape index (κ1) is 13.1. The van der Waals surface area contributed by atoms with Gasteiger partial charge in [0.05, 0.1) is 18.4 Å². The van der Waals surface area contributed by atoms with E-state index in [0.29, 0.717) is 13.0 Å². The summed E-state index contributed by atoms with van der Waals surface area (Å²) in [6.45, 7) is 7.37. The molecule has 0 saturated carbocycles. The summed E-state index contributed by atoms with van der Waals surface area (Å²) in [6.07, 6.45) is 4.65. The largest absolute Gasteiger partial charge is 0.343 e. The highest BCUT2D eigenvalue weighted by Gasteiger charge is 2.19. The van der Waals surface area contributed by atoms with Crippen molar-refractivity contribution in [3.05, 3.63) is 11.9 Å². The highest BCUT2D eigenvalue weighted by molar-refractivity contribution is 5.79. The van der Waals surface area contributed by atoms with Gasteiger partial charge in [0.25, 0.3) is 0 Å². The van der Waals surface area contributed by atoms with E-state index in [2.05, 4.69) is 17.1 Å². The molecule has 6 heteroatoms. The summed E-state index contributed by atoms with van der Waals surface area (Å²) >= 11 is 0. The number of likely N-dealkylation sites (tertiary alicyclic amines) is 1. The Bertz CT molecular complexity index is 621. The molecule has 1 fully saturated rings. The molecule has 0 bridgehead atoms. The Morgan fingerprint density at radius 2 is 2.05 bits per heavy atom. The summed E-state index contributed by atoms with van der Waals surface area (Å²) in [6, 6.07) is 0. The van der Waals surface area contributed by atoms with Crippen molar-refractivity contribution in [1.82, 2.24) is 24.5 Å². The molecule has 0 N–H and O–H groups in total. The molecule has 1 aliphatic heterocycles. The smallest absolute Gasteiger partial charge is 0.224 e. The summed E-state index contributed by atoms with van der Waals surface area (Å²) in [7, 11) is 0. The van der Waals surface area contributed by atoms with Crippen LogP contribution in [-0.2, 0) is 17.9 Å². The Morgan fingerprint density at radius 1 is 1.30 bits per heavy atom. The van der Waals surface area contributed by atoms with Crippen LogP contribution >= 0.6 is 0 Å². The minimum absolute atomic E-state index is 0.242. The average molecular weight is 275 g/mol. The highest BCUT2D eigenvalue weighted by Crippen LogP contribution is 2.18. The lowest BCUT2D eigenvalue weighted by atomic mass is 10.3. The zero-order valence-corrected chi connectivity index (χ0v) is 12.2. The first-order valence-corrected chi connectivity index (χ1v) is 7.37. The van der Waals surface area contributed by atoms with Crippen LogP contribution in [-0.4, -0.2) is 43.5 Å². The van der Waals surface area contributed by atoms with Crippen molar-refractivity contribution in [1.29, 1.82) is 0 Å². The van der Waals surface area contributed by atoms with E-state index in [0.717, 1.165) is 49.2 Å². The standard InChI is InChI=1S/C14H21N5O/c1-3-18-12-10-15-19(14(12)11(2)16-18)9-6-13(20)17-7-4-5-8-17/h10H,3-9H2,1-2H3. The fraction of sp³-hybridized carbons (Fsp3) is 0.643. The molecule has 3 heterocycles. The van der Waals surface area contributed by atoms with Gasteiger partial charge in [-0.15, -0.1) is 0 Å². The van der Waals surface area contributed by atoms with Crippen LogP contribution in [0.15, 0.2) is 6.20 Å². The van der Waals surface area contributed by atoms with Gasteiger partial charge in [-0.3, -0.25) is 14.2 Å². The number of aromatic nitrogens is 4. The second-order valence-electron chi connectivity index (χ2n) is 5.34. The topological polar surface area (TPSA) is 56.0 Å². The Kier molecular flexibility index (Phi) is 3.46.